The summed E-state index contributed by atoms with van der Waals surface area (Å²) < 4.78 is 25.7. The fraction of sp³-hybridized carbons (Fsp3) is 0.667. The van der Waals surface area contributed by atoms with Gasteiger partial charge in [-0.3, -0.25) is 4.90 Å². The molecule has 7 aliphatic rings. The Labute approximate surface area is 302 Å². The first kappa shape index (κ1) is 34.9. The number of fused-ring (bicyclic) bond motifs is 2. The highest BCUT2D eigenvalue weighted by atomic mass is 16.6. The van der Waals surface area contributed by atoms with E-state index in [4.69, 9.17) is 18.9 Å². The highest BCUT2D eigenvalue weighted by molar-refractivity contribution is 5.83. The molecule has 5 aliphatic carbocycles. The number of likely N-dealkylation sites (tertiary alicyclic amines) is 1. The molecular formula is C42H56N2O7. The lowest BCUT2D eigenvalue weighted by Gasteiger charge is -2.75. The van der Waals surface area contributed by atoms with Crippen LogP contribution in [0.1, 0.15) is 96.8 Å². The van der Waals surface area contributed by atoms with Crippen molar-refractivity contribution in [1.29, 1.82) is 0 Å². The molecule has 9 nitrogen and oxygen atoms in total. The monoisotopic (exact) mass is 700 g/mol. The Kier molecular flexibility index (Phi) is 8.17. The van der Waals surface area contributed by atoms with Crippen molar-refractivity contribution in [2.24, 2.45) is 28.6 Å². The molecule has 9 heteroatoms. The van der Waals surface area contributed by atoms with Gasteiger partial charge in [-0.15, -0.1) is 0 Å². The van der Waals surface area contributed by atoms with Crippen molar-refractivity contribution in [3.05, 3.63) is 59.2 Å². The van der Waals surface area contributed by atoms with Crippen molar-refractivity contribution in [3.63, 3.8) is 0 Å². The van der Waals surface area contributed by atoms with Gasteiger partial charge in [-0.05, 0) is 92.9 Å². The second kappa shape index (κ2) is 11.9. The molecule has 8 atom stereocenters. The second-order valence-corrected chi connectivity index (χ2v) is 18.1. The van der Waals surface area contributed by atoms with Crippen LogP contribution in [0, 0.1) is 28.6 Å². The highest BCUT2D eigenvalue weighted by Crippen LogP contribution is 2.78. The van der Waals surface area contributed by atoms with Crippen LogP contribution in [0.3, 0.4) is 0 Å². The molecule has 0 radical (unpaired) electrons. The number of aliphatic hydroxyl groups is 1. The van der Waals surface area contributed by atoms with Gasteiger partial charge in [-0.1, -0.05) is 71.0 Å². The van der Waals surface area contributed by atoms with E-state index in [-0.39, 0.29) is 40.8 Å². The highest BCUT2D eigenvalue weighted by Gasteiger charge is 2.82. The number of benzene rings is 2. The van der Waals surface area contributed by atoms with Crippen molar-refractivity contribution in [1.82, 2.24) is 10.2 Å². The maximum atomic E-state index is 13.6. The molecule has 1 unspecified atom stereocenters. The average molecular weight is 701 g/mol. The number of nitrogens with one attached hydrogen (secondary N) is 1. The van der Waals surface area contributed by atoms with Crippen molar-refractivity contribution in [3.8, 4) is 11.5 Å². The van der Waals surface area contributed by atoms with Gasteiger partial charge in [0.15, 0.2) is 11.5 Å². The molecule has 2 N–H and O–H groups in total. The zero-order valence-electron chi connectivity index (χ0n) is 31.4. The molecule has 2 spiro atoms. The Hall–Kier alpha value is -3.14. The first-order valence-electron chi connectivity index (χ1n) is 19.2. The molecule has 2 aromatic rings. The average Bonchev–Trinajstić information content (AvgIpc) is 3.84. The van der Waals surface area contributed by atoms with Gasteiger partial charge in [-0.2, -0.15) is 0 Å². The fourth-order valence-electron chi connectivity index (χ4n) is 11.2. The number of hydrogen-bond acceptors (Lipinski definition) is 8. The summed E-state index contributed by atoms with van der Waals surface area (Å²) in [5, 5.41) is 15.3. The molecule has 0 aromatic heterocycles. The predicted molar refractivity (Wildman–Crippen MR) is 193 cm³/mol. The lowest BCUT2D eigenvalue weighted by Crippen LogP contribution is -2.83. The van der Waals surface area contributed by atoms with Gasteiger partial charge in [0.1, 0.15) is 24.4 Å². The van der Waals surface area contributed by atoms with E-state index in [1.807, 2.05) is 57.2 Å². The van der Waals surface area contributed by atoms with Crippen LogP contribution in [0.4, 0.5) is 4.79 Å². The lowest BCUT2D eigenvalue weighted by molar-refractivity contribution is -0.312. The number of nitrogens with zero attached hydrogens (tertiary/aromatic N) is 1. The van der Waals surface area contributed by atoms with Crippen molar-refractivity contribution >= 4 is 12.1 Å². The predicted octanol–water partition coefficient (Wildman–Crippen LogP) is 6.56. The Balaban J connectivity index is 1.14. The van der Waals surface area contributed by atoms with E-state index in [0.717, 1.165) is 56.7 Å². The number of ether oxygens (including phenoxy) is 4. The van der Waals surface area contributed by atoms with Gasteiger partial charge in [0.2, 0.25) is 0 Å². The normalized spacial score (nSPS) is 33.5. The summed E-state index contributed by atoms with van der Waals surface area (Å²) in [7, 11) is 1.80. The second-order valence-electron chi connectivity index (χ2n) is 18.1. The molecule has 2 heterocycles. The number of piperidine rings is 1. The number of hydrogen-bond donors (Lipinski definition) is 2. The van der Waals surface area contributed by atoms with Crippen LogP contribution in [-0.2, 0) is 32.7 Å². The zero-order valence-corrected chi connectivity index (χ0v) is 31.4. The third-order valence-electron chi connectivity index (χ3n) is 14.5. The van der Waals surface area contributed by atoms with E-state index < -0.39 is 29.3 Å². The standard InChI is InChI=1S/C42H56N2O7/c1-25(2)33(35(45)49-24-27-11-9-8-10-12-27)43-37(46)50-29-16-15-28-21-31-40-17-18-42(48-7,30(22-40)39(6,47)38(3,4)5)36-41(40,32(28)34(29)51-36)19-20-44(31)23-26-13-14-26/h8-12,15-16,25-26,30-31,33,36,47H,13-14,17-24H2,1-7H3,(H,43,46)/t30-,31-,33-,36-,39-,40-,41+,42?/m1/s1. The van der Waals surface area contributed by atoms with Gasteiger partial charge in [0.05, 0.1) is 5.60 Å². The van der Waals surface area contributed by atoms with E-state index in [1.54, 1.807) is 7.11 Å². The van der Waals surface area contributed by atoms with Gasteiger partial charge in [0, 0.05) is 42.0 Å². The van der Waals surface area contributed by atoms with Crippen LogP contribution in [0.2, 0.25) is 0 Å². The molecule has 5 fully saturated rings. The van der Waals surface area contributed by atoms with Crippen molar-refractivity contribution in [2.75, 3.05) is 20.2 Å². The molecule has 1 amide bonds. The van der Waals surface area contributed by atoms with E-state index in [9.17, 15) is 14.7 Å². The van der Waals surface area contributed by atoms with Gasteiger partial charge in [0.25, 0.3) is 0 Å². The molecular weight excluding hydrogens is 644 g/mol. The largest absolute Gasteiger partial charge is 0.482 e. The Morgan fingerprint density at radius 2 is 1.80 bits per heavy atom. The fourth-order valence-corrected chi connectivity index (χ4v) is 11.2. The third kappa shape index (κ3) is 5.03. The summed E-state index contributed by atoms with van der Waals surface area (Å²) in [5.74, 6) is 0.874. The summed E-state index contributed by atoms with van der Waals surface area (Å²) in [6, 6.07) is 12.9. The molecule has 4 bridgehead atoms. The maximum Gasteiger partial charge on any atom is 0.413 e. The Morgan fingerprint density at radius 1 is 1.06 bits per heavy atom. The molecule has 4 saturated carbocycles. The maximum absolute atomic E-state index is 13.6. The van der Waals surface area contributed by atoms with E-state index in [0.29, 0.717) is 17.5 Å². The minimum Gasteiger partial charge on any atom is -0.482 e. The molecule has 51 heavy (non-hydrogen) atoms. The zero-order chi connectivity index (χ0) is 36.1. The smallest absolute Gasteiger partial charge is 0.413 e. The van der Waals surface area contributed by atoms with Crippen LogP contribution >= 0.6 is 0 Å². The first-order valence-corrected chi connectivity index (χ1v) is 19.2. The van der Waals surface area contributed by atoms with Crippen LogP contribution in [-0.4, -0.2) is 71.7 Å². The van der Waals surface area contributed by atoms with Gasteiger partial charge >= 0.3 is 12.1 Å². The Bertz CT molecular complexity index is 1700. The summed E-state index contributed by atoms with van der Waals surface area (Å²) in [6.45, 7) is 14.4. The summed E-state index contributed by atoms with van der Waals surface area (Å²) >= 11 is 0. The van der Waals surface area contributed by atoms with Crippen molar-refractivity contribution in [2.45, 2.75) is 128 Å². The van der Waals surface area contributed by atoms with Gasteiger partial charge in [-0.25, -0.2) is 9.59 Å². The topological polar surface area (TPSA) is 107 Å². The number of carbonyl (C=O) groups excluding carboxylic acids is 2. The number of rotatable bonds is 10. The third-order valence-corrected chi connectivity index (χ3v) is 14.5. The minimum atomic E-state index is -1.02. The van der Waals surface area contributed by atoms with Crippen LogP contribution < -0.4 is 14.8 Å². The summed E-state index contributed by atoms with van der Waals surface area (Å²) in [5.41, 5.74) is 0.744. The quantitative estimate of drug-likeness (QED) is 0.269. The Morgan fingerprint density at radius 3 is 2.47 bits per heavy atom. The number of amides is 1. The number of methoxy groups -OCH3 is 1. The molecule has 2 aromatic carbocycles. The van der Waals surface area contributed by atoms with E-state index in [1.165, 1.54) is 24.0 Å². The van der Waals surface area contributed by atoms with Crippen LogP contribution in [0.15, 0.2) is 42.5 Å². The molecule has 9 rings (SSSR count). The SMILES string of the molecule is COC12CC[C@@]3(C[C@@H]1[C@@](C)(O)C(C)(C)C)[C@H]1Cc4ccc(OC(=O)N[C@@H](C(=O)OCc5ccccc5)C(C)C)c5c4[C@@]3(CCN1CC1CC1)[C@H]2O5. The number of esters is 1. The minimum absolute atomic E-state index is 0.116. The van der Waals surface area contributed by atoms with Gasteiger partial charge < -0.3 is 29.4 Å². The van der Waals surface area contributed by atoms with Crippen LogP contribution in [0.25, 0.3) is 0 Å². The summed E-state index contributed by atoms with van der Waals surface area (Å²) in [4.78, 5) is 29.6. The van der Waals surface area contributed by atoms with Crippen molar-refractivity contribution < 1.29 is 33.6 Å². The first-order chi connectivity index (χ1) is 24.2. The summed E-state index contributed by atoms with van der Waals surface area (Å²) in [6.07, 6.45) is 6.10. The molecule has 276 valence electrons. The van der Waals surface area contributed by atoms with Crippen LogP contribution in [0.5, 0.6) is 11.5 Å². The number of carbonyl (C=O) groups is 2. The molecule has 1 saturated heterocycles. The lowest BCUT2D eigenvalue weighted by atomic mass is 9.33. The molecule has 2 aliphatic heterocycles. The van der Waals surface area contributed by atoms with E-state index in [2.05, 4.69) is 37.1 Å². The van der Waals surface area contributed by atoms with E-state index >= 15 is 0 Å².